The topological polar surface area (TPSA) is 65.8 Å². The minimum absolute atomic E-state index is 0.228. The third-order valence-corrected chi connectivity index (χ3v) is 3.09. The van der Waals surface area contributed by atoms with Gasteiger partial charge >= 0.3 is 0 Å². The highest BCUT2D eigenvalue weighted by molar-refractivity contribution is 5.98. The van der Waals surface area contributed by atoms with Crippen molar-refractivity contribution in [3.63, 3.8) is 0 Å². The molecule has 1 aliphatic carbocycles. The second kappa shape index (κ2) is 4.17. The number of nitrogens with one attached hydrogen (secondary N) is 1. The highest BCUT2D eigenvalue weighted by atomic mass is 16.2. The molecule has 88 valence electrons. The number of hydrogen-bond acceptors (Lipinski definition) is 3. The molecule has 1 aliphatic rings. The molecule has 0 spiro atoms. The Kier molecular flexibility index (Phi) is 2.84. The van der Waals surface area contributed by atoms with Gasteiger partial charge in [0.2, 0.25) is 5.91 Å². The number of carbonyl (C=O) groups excluding carboxylic acids is 1. The van der Waals surface area contributed by atoms with Crippen molar-refractivity contribution >= 4 is 11.7 Å². The van der Waals surface area contributed by atoms with Crippen molar-refractivity contribution in [1.29, 1.82) is 5.26 Å². The van der Waals surface area contributed by atoms with Crippen LogP contribution in [-0.2, 0) is 4.79 Å². The number of pyridine rings is 1. The molecule has 0 unspecified atom stereocenters. The predicted octanol–water partition coefficient (Wildman–Crippen LogP) is 2.45. The number of hydrogen-bond donors (Lipinski definition) is 1. The van der Waals surface area contributed by atoms with E-state index in [1.165, 1.54) is 0 Å². The van der Waals surface area contributed by atoms with E-state index < -0.39 is 5.41 Å². The van der Waals surface area contributed by atoms with Crippen LogP contribution < -0.4 is 5.32 Å². The van der Waals surface area contributed by atoms with Crippen molar-refractivity contribution in [3.05, 3.63) is 23.9 Å². The quantitative estimate of drug-likeness (QED) is 0.865. The highest BCUT2D eigenvalue weighted by Gasteiger charge is 2.50. The third kappa shape index (κ3) is 2.28. The molecule has 1 fully saturated rings. The van der Waals surface area contributed by atoms with Gasteiger partial charge < -0.3 is 5.32 Å². The van der Waals surface area contributed by atoms with Gasteiger partial charge in [0.1, 0.15) is 11.2 Å². The molecule has 0 saturated heterocycles. The Balaban J connectivity index is 2.12. The van der Waals surface area contributed by atoms with Gasteiger partial charge in [-0.25, -0.2) is 4.98 Å². The van der Waals surface area contributed by atoms with Gasteiger partial charge in [0.15, 0.2) is 0 Å². The summed E-state index contributed by atoms with van der Waals surface area (Å²) in [6.07, 6.45) is 2.98. The minimum atomic E-state index is -0.796. The van der Waals surface area contributed by atoms with Crippen molar-refractivity contribution in [2.75, 3.05) is 5.32 Å². The standard InChI is InChI=1S/C13H15N3O/c1-9(2)10-3-6-15-11(7-10)16-12(17)13(8-14)4-5-13/h3,6-7,9H,4-5H2,1-2H3,(H,15,16,17). The fourth-order valence-corrected chi connectivity index (χ4v) is 1.62. The first-order valence-electron chi connectivity index (χ1n) is 5.76. The minimum Gasteiger partial charge on any atom is -0.309 e. The average molecular weight is 229 g/mol. The SMILES string of the molecule is CC(C)c1ccnc(NC(=O)C2(C#N)CC2)c1. The predicted molar refractivity (Wildman–Crippen MR) is 64.2 cm³/mol. The van der Waals surface area contributed by atoms with Crippen LogP contribution >= 0.6 is 0 Å². The number of carbonyl (C=O) groups is 1. The van der Waals surface area contributed by atoms with Gasteiger partial charge in [0.25, 0.3) is 0 Å². The molecule has 4 nitrogen and oxygen atoms in total. The first kappa shape index (κ1) is 11.6. The highest BCUT2D eigenvalue weighted by Crippen LogP contribution is 2.45. The van der Waals surface area contributed by atoms with Crippen molar-refractivity contribution < 1.29 is 4.79 Å². The molecule has 1 aromatic rings. The van der Waals surface area contributed by atoms with Crippen LogP contribution in [0.1, 0.15) is 38.2 Å². The zero-order valence-corrected chi connectivity index (χ0v) is 10.0. The second-order valence-corrected chi connectivity index (χ2v) is 4.78. The maximum absolute atomic E-state index is 11.8. The third-order valence-electron chi connectivity index (χ3n) is 3.09. The van der Waals surface area contributed by atoms with E-state index >= 15 is 0 Å². The molecular weight excluding hydrogens is 214 g/mol. The van der Waals surface area contributed by atoms with E-state index in [2.05, 4.69) is 30.2 Å². The summed E-state index contributed by atoms with van der Waals surface area (Å²) < 4.78 is 0. The fourth-order valence-electron chi connectivity index (χ4n) is 1.62. The summed E-state index contributed by atoms with van der Waals surface area (Å²) in [6, 6.07) is 5.86. The van der Waals surface area contributed by atoms with Gasteiger partial charge in [-0.15, -0.1) is 0 Å². The number of amides is 1. The summed E-state index contributed by atoms with van der Waals surface area (Å²) in [5, 5.41) is 11.6. The summed E-state index contributed by atoms with van der Waals surface area (Å²) in [6.45, 7) is 4.16. The molecule has 2 rings (SSSR count). The van der Waals surface area contributed by atoms with Crippen LogP contribution in [0.4, 0.5) is 5.82 Å². The Labute approximate surface area is 101 Å². The zero-order chi connectivity index (χ0) is 12.5. The first-order chi connectivity index (χ1) is 8.07. The summed E-state index contributed by atoms with van der Waals surface area (Å²) >= 11 is 0. The lowest BCUT2D eigenvalue weighted by Gasteiger charge is -2.10. The summed E-state index contributed by atoms with van der Waals surface area (Å²) in [4.78, 5) is 15.9. The number of anilines is 1. The number of aromatic nitrogens is 1. The Morgan fingerprint density at radius 2 is 2.29 bits per heavy atom. The van der Waals surface area contributed by atoms with E-state index in [4.69, 9.17) is 5.26 Å². The van der Waals surface area contributed by atoms with E-state index in [0.29, 0.717) is 24.6 Å². The van der Waals surface area contributed by atoms with Crippen LogP contribution in [0.5, 0.6) is 0 Å². The molecule has 0 atom stereocenters. The van der Waals surface area contributed by atoms with Crippen molar-refractivity contribution in [1.82, 2.24) is 4.98 Å². The van der Waals surface area contributed by atoms with Crippen LogP contribution in [0.3, 0.4) is 0 Å². The van der Waals surface area contributed by atoms with Crippen molar-refractivity contribution in [2.24, 2.45) is 5.41 Å². The van der Waals surface area contributed by atoms with Gasteiger partial charge in [-0.05, 0) is 36.5 Å². The van der Waals surface area contributed by atoms with Crippen LogP contribution in [0.2, 0.25) is 0 Å². The van der Waals surface area contributed by atoms with Crippen LogP contribution in [-0.4, -0.2) is 10.9 Å². The van der Waals surface area contributed by atoms with E-state index in [-0.39, 0.29) is 5.91 Å². The molecule has 4 heteroatoms. The van der Waals surface area contributed by atoms with Crippen LogP contribution in [0.15, 0.2) is 18.3 Å². The zero-order valence-electron chi connectivity index (χ0n) is 10.0. The summed E-state index contributed by atoms with van der Waals surface area (Å²) in [5.74, 6) is 0.690. The van der Waals surface area contributed by atoms with Gasteiger partial charge in [-0.2, -0.15) is 5.26 Å². The Morgan fingerprint density at radius 1 is 1.59 bits per heavy atom. The van der Waals surface area contributed by atoms with E-state index in [1.807, 2.05) is 12.1 Å². The lowest BCUT2D eigenvalue weighted by atomic mass is 10.0. The Hall–Kier alpha value is -1.89. The van der Waals surface area contributed by atoms with Crippen LogP contribution in [0.25, 0.3) is 0 Å². The lowest BCUT2D eigenvalue weighted by molar-refractivity contribution is -0.119. The molecule has 0 aromatic carbocycles. The molecular formula is C13H15N3O. The van der Waals surface area contributed by atoms with Gasteiger partial charge in [-0.1, -0.05) is 13.8 Å². The van der Waals surface area contributed by atoms with E-state index in [0.717, 1.165) is 5.56 Å². The molecule has 1 heterocycles. The van der Waals surface area contributed by atoms with Gasteiger partial charge in [0, 0.05) is 6.20 Å². The second-order valence-electron chi connectivity index (χ2n) is 4.78. The molecule has 17 heavy (non-hydrogen) atoms. The van der Waals surface area contributed by atoms with E-state index in [9.17, 15) is 4.79 Å². The normalized spacial score (nSPS) is 16.4. The van der Waals surface area contributed by atoms with Crippen molar-refractivity contribution in [2.45, 2.75) is 32.6 Å². The lowest BCUT2D eigenvalue weighted by Crippen LogP contribution is -2.23. The number of nitrogens with zero attached hydrogens (tertiary/aromatic N) is 2. The monoisotopic (exact) mass is 229 g/mol. The molecule has 0 aliphatic heterocycles. The fraction of sp³-hybridized carbons (Fsp3) is 0.462. The Morgan fingerprint density at radius 3 is 2.82 bits per heavy atom. The summed E-state index contributed by atoms with van der Waals surface area (Å²) in [5.41, 5.74) is 0.326. The number of rotatable bonds is 3. The average Bonchev–Trinajstić information content (AvgIpc) is 3.10. The van der Waals surface area contributed by atoms with E-state index in [1.54, 1.807) is 6.20 Å². The molecule has 1 amide bonds. The maximum Gasteiger partial charge on any atom is 0.246 e. The summed E-state index contributed by atoms with van der Waals surface area (Å²) in [7, 11) is 0. The molecule has 0 bridgehead atoms. The van der Waals surface area contributed by atoms with Crippen LogP contribution in [0, 0.1) is 16.7 Å². The molecule has 1 saturated carbocycles. The van der Waals surface area contributed by atoms with Crippen molar-refractivity contribution in [3.8, 4) is 6.07 Å². The number of nitriles is 1. The van der Waals surface area contributed by atoms with Gasteiger partial charge in [-0.3, -0.25) is 4.79 Å². The first-order valence-corrected chi connectivity index (χ1v) is 5.76. The Bertz CT molecular complexity index is 484. The molecule has 1 aromatic heterocycles. The maximum atomic E-state index is 11.8. The molecule has 0 radical (unpaired) electrons. The smallest absolute Gasteiger partial charge is 0.246 e. The van der Waals surface area contributed by atoms with Gasteiger partial charge in [0.05, 0.1) is 6.07 Å². The molecule has 1 N–H and O–H groups in total. The largest absolute Gasteiger partial charge is 0.309 e.